The summed E-state index contributed by atoms with van der Waals surface area (Å²) in [5.41, 5.74) is 1.15. The van der Waals surface area contributed by atoms with Crippen LogP contribution in [0.15, 0.2) is 48.5 Å². The van der Waals surface area contributed by atoms with E-state index in [1.54, 1.807) is 12.1 Å². The molecule has 0 radical (unpaired) electrons. The number of halogens is 1. The number of amides is 1. The van der Waals surface area contributed by atoms with Gasteiger partial charge in [-0.25, -0.2) is 0 Å². The van der Waals surface area contributed by atoms with Crippen molar-refractivity contribution in [1.29, 1.82) is 0 Å². The van der Waals surface area contributed by atoms with Gasteiger partial charge >= 0.3 is 0 Å². The van der Waals surface area contributed by atoms with Crippen molar-refractivity contribution in [2.45, 2.75) is 6.92 Å². The van der Waals surface area contributed by atoms with Crippen molar-refractivity contribution >= 4 is 17.5 Å². The van der Waals surface area contributed by atoms with Crippen molar-refractivity contribution in [3.8, 4) is 11.5 Å². The molecule has 1 amide bonds. The van der Waals surface area contributed by atoms with Gasteiger partial charge in [0.2, 0.25) is 0 Å². The fraction of sp³-hybridized carbons (Fsp3) is 0.235. The third-order valence-corrected chi connectivity index (χ3v) is 3.12. The summed E-state index contributed by atoms with van der Waals surface area (Å²) in [6.07, 6.45) is 0. The molecule has 0 aliphatic heterocycles. The maximum Gasteiger partial charge on any atom is 0.258 e. The predicted octanol–water partition coefficient (Wildman–Crippen LogP) is 3.22. The Bertz CT molecular complexity index is 614. The van der Waals surface area contributed by atoms with Crippen LogP contribution in [0.2, 0.25) is 5.02 Å². The zero-order chi connectivity index (χ0) is 15.8. The van der Waals surface area contributed by atoms with Crippen LogP contribution in [0, 0.1) is 6.92 Å². The highest BCUT2D eigenvalue weighted by atomic mass is 35.5. The molecule has 0 spiro atoms. The molecular weight excluding hydrogens is 302 g/mol. The summed E-state index contributed by atoms with van der Waals surface area (Å²) in [5.74, 6) is 1.17. The Balaban J connectivity index is 1.62. The highest BCUT2D eigenvalue weighted by Gasteiger charge is 2.02. The first kappa shape index (κ1) is 16.2. The fourth-order valence-electron chi connectivity index (χ4n) is 1.75. The number of carbonyl (C=O) groups excluding carboxylic acids is 1. The molecule has 0 saturated carbocycles. The molecule has 2 aromatic rings. The number of ether oxygens (including phenoxy) is 2. The van der Waals surface area contributed by atoms with Crippen LogP contribution in [-0.2, 0) is 4.79 Å². The lowest BCUT2D eigenvalue weighted by Gasteiger charge is -2.09. The van der Waals surface area contributed by atoms with E-state index in [0.29, 0.717) is 29.7 Å². The lowest BCUT2D eigenvalue weighted by Crippen LogP contribution is -2.32. The van der Waals surface area contributed by atoms with E-state index < -0.39 is 0 Å². The number of rotatable bonds is 7. The lowest BCUT2D eigenvalue weighted by molar-refractivity contribution is -0.123. The first-order valence-corrected chi connectivity index (χ1v) is 7.36. The Morgan fingerprint density at radius 3 is 2.59 bits per heavy atom. The molecule has 0 fully saturated rings. The zero-order valence-corrected chi connectivity index (χ0v) is 13.1. The van der Waals surface area contributed by atoms with E-state index in [4.69, 9.17) is 21.1 Å². The van der Waals surface area contributed by atoms with Gasteiger partial charge in [-0.1, -0.05) is 35.4 Å². The first-order chi connectivity index (χ1) is 10.6. The minimum absolute atomic E-state index is 0.0137. The topological polar surface area (TPSA) is 47.6 Å². The normalized spacial score (nSPS) is 10.1. The van der Waals surface area contributed by atoms with Crippen LogP contribution in [0.4, 0.5) is 0 Å². The van der Waals surface area contributed by atoms with Crippen molar-refractivity contribution < 1.29 is 14.3 Å². The van der Waals surface area contributed by atoms with Gasteiger partial charge in [-0.3, -0.25) is 4.79 Å². The third-order valence-electron chi connectivity index (χ3n) is 2.88. The van der Waals surface area contributed by atoms with Crippen molar-refractivity contribution in [3.05, 3.63) is 59.1 Å². The monoisotopic (exact) mass is 319 g/mol. The molecule has 0 unspecified atom stereocenters. The molecule has 2 aromatic carbocycles. The van der Waals surface area contributed by atoms with Crippen molar-refractivity contribution in [1.82, 2.24) is 5.32 Å². The molecule has 0 heterocycles. The van der Waals surface area contributed by atoms with Crippen LogP contribution >= 0.6 is 11.6 Å². The fourth-order valence-corrected chi connectivity index (χ4v) is 1.93. The van der Waals surface area contributed by atoms with Gasteiger partial charge in [0.1, 0.15) is 18.1 Å². The summed E-state index contributed by atoms with van der Waals surface area (Å²) in [7, 11) is 0. The number of benzene rings is 2. The molecule has 0 aliphatic rings. The molecule has 116 valence electrons. The van der Waals surface area contributed by atoms with E-state index in [1.165, 1.54) is 0 Å². The summed E-state index contributed by atoms with van der Waals surface area (Å²) in [4.78, 5) is 11.6. The molecule has 0 aliphatic carbocycles. The average Bonchev–Trinajstić information content (AvgIpc) is 2.51. The molecule has 0 atom stereocenters. The van der Waals surface area contributed by atoms with Gasteiger partial charge in [-0.2, -0.15) is 0 Å². The van der Waals surface area contributed by atoms with Crippen LogP contribution in [0.1, 0.15) is 5.56 Å². The van der Waals surface area contributed by atoms with E-state index in [0.717, 1.165) is 5.56 Å². The van der Waals surface area contributed by atoms with Crippen LogP contribution in [0.25, 0.3) is 0 Å². The van der Waals surface area contributed by atoms with Crippen LogP contribution < -0.4 is 14.8 Å². The van der Waals surface area contributed by atoms with E-state index >= 15 is 0 Å². The minimum Gasteiger partial charge on any atom is -0.492 e. The molecule has 0 bridgehead atoms. The van der Waals surface area contributed by atoms with E-state index in [1.807, 2.05) is 43.3 Å². The summed E-state index contributed by atoms with van der Waals surface area (Å²) in [6, 6.07) is 14.7. The summed E-state index contributed by atoms with van der Waals surface area (Å²) < 4.78 is 10.9. The van der Waals surface area contributed by atoms with Crippen LogP contribution in [0.3, 0.4) is 0 Å². The average molecular weight is 320 g/mol. The molecule has 5 heteroatoms. The summed E-state index contributed by atoms with van der Waals surface area (Å²) in [5, 5.41) is 3.35. The SMILES string of the molecule is Cc1ccc(OCC(=O)NCCOc2cccc(Cl)c2)cc1. The second kappa shape index (κ2) is 8.29. The molecule has 1 N–H and O–H groups in total. The van der Waals surface area contributed by atoms with Gasteiger partial charge in [0.15, 0.2) is 6.61 Å². The van der Waals surface area contributed by atoms with Crippen LogP contribution in [0.5, 0.6) is 11.5 Å². The Labute approximate surface area is 135 Å². The Kier molecular flexibility index (Phi) is 6.10. The number of carbonyl (C=O) groups is 1. The zero-order valence-electron chi connectivity index (χ0n) is 12.3. The maximum absolute atomic E-state index is 11.6. The van der Waals surface area contributed by atoms with Gasteiger partial charge in [0.25, 0.3) is 5.91 Å². The maximum atomic E-state index is 11.6. The van der Waals surface area contributed by atoms with E-state index in [-0.39, 0.29) is 12.5 Å². The van der Waals surface area contributed by atoms with Crippen molar-refractivity contribution in [2.24, 2.45) is 0 Å². The highest BCUT2D eigenvalue weighted by Crippen LogP contribution is 2.16. The van der Waals surface area contributed by atoms with E-state index in [9.17, 15) is 4.79 Å². The van der Waals surface area contributed by atoms with E-state index in [2.05, 4.69) is 5.32 Å². The van der Waals surface area contributed by atoms with Gasteiger partial charge < -0.3 is 14.8 Å². The number of hydrogen-bond donors (Lipinski definition) is 1. The second-order valence-corrected chi connectivity index (χ2v) is 5.19. The molecule has 2 rings (SSSR count). The molecule has 0 aromatic heterocycles. The second-order valence-electron chi connectivity index (χ2n) is 4.76. The Hall–Kier alpha value is -2.20. The Morgan fingerprint density at radius 2 is 1.86 bits per heavy atom. The third kappa shape index (κ3) is 5.66. The summed E-state index contributed by atoms with van der Waals surface area (Å²) >= 11 is 5.85. The first-order valence-electron chi connectivity index (χ1n) is 6.98. The lowest BCUT2D eigenvalue weighted by atomic mass is 10.2. The van der Waals surface area contributed by atoms with Gasteiger partial charge in [0.05, 0.1) is 6.54 Å². The molecular formula is C17H18ClNO3. The standard InChI is InChI=1S/C17H18ClNO3/c1-13-5-7-15(8-6-13)22-12-17(20)19-9-10-21-16-4-2-3-14(18)11-16/h2-8,11H,9-10,12H2,1H3,(H,19,20). The van der Waals surface area contributed by atoms with Gasteiger partial charge in [-0.15, -0.1) is 0 Å². The van der Waals surface area contributed by atoms with Crippen LogP contribution in [-0.4, -0.2) is 25.7 Å². The van der Waals surface area contributed by atoms with Gasteiger partial charge in [0, 0.05) is 5.02 Å². The summed E-state index contributed by atoms with van der Waals surface area (Å²) in [6.45, 7) is 2.76. The van der Waals surface area contributed by atoms with Gasteiger partial charge in [-0.05, 0) is 37.3 Å². The van der Waals surface area contributed by atoms with Crippen molar-refractivity contribution in [2.75, 3.05) is 19.8 Å². The smallest absolute Gasteiger partial charge is 0.258 e. The van der Waals surface area contributed by atoms with Crippen molar-refractivity contribution in [3.63, 3.8) is 0 Å². The molecule has 22 heavy (non-hydrogen) atoms. The predicted molar refractivity (Wildman–Crippen MR) is 86.6 cm³/mol. The highest BCUT2D eigenvalue weighted by molar-refractivity contribution is 6.30. The molecule has 0 saturated heterocycles. The quantitative estimate of drug-likeness (QED) is 0.797. The molecule has 4 nitrogen and oxygen atoms in total. The minimum atomic E-state index is -0.185. The Morgan fingerprint density at radius 1 is 1.09 bits per heavy atom. The number of hydrogen-bond acceptors (Lipinski definition) is 3. The number of nitrogens with one attached hydrogen (secondary N) is 1. The number of aryl methyl sites for hydroxylation is 1. The largest absolute Gasteiger partial charge is 0.492 e.